The van der Waals surface area contributed by atoms with Crippen molar-refractivity contribution in [3.63, 3.8) is 0 Å². The Morgan fingerprint density at radius 1 is 0.492 bits per heavy atom. The average Bonchev–Trinajstić information content (AvgIpc) is 3.80. The molecule has 59 heavy (non-hydrogen) atoms. The predicted molar refractivity (Wildman–Crippen MR) is 245 cm³/mol. The fraction of sp³-hybridized carbons (Fsp3) is 0.0714. The SMILES string of the molecule is c1ccc(CC[C@@H]2Cc3ccccc3-c3cc(-c4nc5ccccc5nc4-n4c5cc6ccccc6cc5c5cc6c7c(cccc7c54)-c4ccccc4-6)ccc32)cc1. The Bertz CT molecular complexity index is 3540. The van der Waals surface area contributed by atoms with Crippen molar-refractivity contribution < 1.29 is 0 Å². The molecule has 276 valence electrons. The first-order valence-corrected chi connectivity index (χ1v) is 20.8. The molecule has 0 spiro atoms. The number of rotatable bonds is 5. The minimum absolute atomic E-state index is 0.426. The second-order valence-corrected chi connectivity index (χ2v) is 16.4. The molecule has 0 fully saturated rings. The van der Waals surface area contributed by atoms with Crippen molar-refractivity contribution in [3.8, 4) is 50.5 Å². The van der Waals surface area contributed by atoms with Crippen LogP contribution in [-0.4, -0.2) is 14.5 Å². The molecule has 2 aromatic heterocycles. The highest BCUT2D eigenvalue weighted by Gasteiger charge is 2.29. The number of benzene rings is 9. The first kappa shape index (κ1) is 32.7. The van der Waals surface area contributed by atoms with E-state index in [1.807, 2.05) is 0 Å². The van der Waals surface area contributed by atoms with Gasteiger partial charge < -0.3 is 0 Å². The molecule has 1 atom stereocenters. The van der Waals surface area contributed by atoms with Crippen LogP contribution in [0.4, 0.5) is 0 Å². The van der Waals surface area contributed by atoms with E-state index in [1.165, 1.54) is 87.9 Å². The van der Waals surface area contributed by atoms with Crippen LogP contribution in [0, 0.1) is 0 Å². The maximum Gasteiger partial charge on any atom is 0.165 e. The summed E-state index contributed by atoms with van der Waals surface area (Å²) in [7, 11) is 0. The lowest BCUT2D eigenvalue weighted by atomic mass is 9.76. The zero-order valence-corrected chi connectivity index (χ0v) is 32.4. The Kier molecular flexibility index (Phi) is 6.97. The van der Waals surface area contributed by atoms with E-state index >= 15 is 0 Å². The van der Waals surface area contributed by atoms with E-state index in [0.717, 1.165) is 52.9 Å². The molecule has 0 aliphatic heterocycles. The fourth-order valence-corrected chi connectivity index (χ4v) is 10.5. The Morgan fingerprint density at radius 3 is 2.03 bits per heavy atom. The molecule has 11 aromatic rings. The number of hydrogen-bond donors (Lipinski definition) is 0. The summed E-state index contributed by atoms with van der Waals surface area (Å²) in [6.45, 7) is 0. The molecule has 0 amide bonds. The number of hydrogen-bond acceptors (Lipinski definition) is 2. The molecule has 2 aliphatic carbocycles. The minimum Gasteiger partial charge on any atom is -0.291 e. The molecule has 0 bridgehead atoms. The quantitative estimate of drug-likeness (QED) is 0.175. The van der Waals surface area contributed by atoms with Gasteiger partial charge in [-0.05, 0) is 128 Å². The number of para-hydroxylation sites is 2. The minimum atomic E-state index is 0.426. The van der Waals surface area contributed by atoms with Gasteiger partial charge in [-0.3, -0.25) is 4.57 Å². The van der Waals surface area contributed by atoms with Crippen LogP contribution in [0.5, 0.6) is 0 Å². The van der Waals surface area contributed by atoms with Gasteiger partial charge >= 0.3 is 0 Å². The van der Waals surface area contributed by atoms with Crippen molar-refractivity contribution in [2.24, 2.45) is 0 Å². The zero-order chi connectivity index (χ0) is 38.6. The smallest absolute Gasteiger partial charge is 0.165 e. The first-order valence-electron chi connectivity index (χ1n) is 20.8. The summed E-state index contributed by atoms with van der Waals surface area (Å²) in [5.74, 6) is 1.27. The van der Waals surface area contributed by atoms with Crippen LogP contribution >= 0.6 is 0 Å². The molecular weight excluding hydrogens is 715 g/mol. The summed E-state index contributed by atoms with van der Waals surface area (Å²) >= 11 is 0. The van der Waals surface area contributed by atoms with Crippen molar-refractivity contribution in [1.82, 2.24) is 14.5 Å². The van der Waals surface area contributed by atoms with E-state index in [9.17, 15) is 0 Å². The van der Waals surface area contributed by atoms with Gasteiger partial charge in [0.15, 0.2) is 5.82 Å². The molecule has 3 heteroatoms. The Hall–Kier alpha value is -7.36. The van der Waals surface area contributed by atoms with E-state index in [0.29, 0.717) is 5.92 Å². The van der Waals surface area contributed by atoms with Crippen molar-refractivity contribution in [3.05, 3.63) is 199 Å². The van der Waals surface area contributed by atoms with Gasteiger partial charge in [-0.15, -0.1) is 0 Å². The van der Waals surface area contributed by atoms with Crippen LogP contribution in [0.15, 0.2) is 182 Å². The van der Waals surface area contributed by atoms with Crippen molar-refractivity contribution in [2.45, 2.75) is 25.2 Å². The molecule has 0 saturated heterocycles. The first-order chi connectivity index (χ1) is 29.2. The molecule has 0 saturated carbocycles. The third-order valence-electron chi connectivity index (χ3n) is 13.2. The maximum absolute atomic E-state index is 5.62. The van der Waals surface area contributed by atoms with Gasteiger partial charge in [0.25, 0.3) is 0 Å². The summed E-state index contributed by atoms with van der Waals surface area (Å²) in [6, 6.07) is 67.0. The Balaban J connectivity index is 1.10. The molecule has 0 radical (unpaired) electrons. The van der Waals surface area contributed by atoms with Crippen LogP contribution in [-0.2, 0) is 12.8 Å². The Labute approximate surface area is 341 Å². The number of nitrogens with zero attached hydrogens (tertiary/aromatic N) is 3. The molecule has 3 nitrogen and oxygen atoms in total. The van der Waals surface area contributed by atoms with Crippen molar-refractivity contribution >= 4 is 54.4 Å². The van der Waals surface area contributed by atoms with Gasteiger partial charge in [0.2, 0.25) is 0 Å². The van der Waals surface area contributed by atoms with Gasteiger partial charge in [-0.1, -0.05) is 146 Å². The molecule has 0 N–H and O–H groups in total. The Morgan fingerprint density at radius 2 is 1.19 bits per heavy atom. The monoisotopic (exact) mass is 751 g/mol. The van der Waals surface area contributed by atoms with Crippen LogP contribution < -0.4 is 0 Å². The van der Waals surface area contributed by atoms with E-state index in [-0.39, 0.29) is 0 Å². The molecular formula is C56H37N3. The summed E-state index contributed by atoms with van der Waals surface area (Å²) in [6.07, 6.45) is 3.20. The summed E-state index contributed by atoms with van der Waals surface area (Å²) in [5.41, 5.74) is 18.1. The average molecular weight is 752 g/mol. The van der Waals surface area contributed by atoms with Crippen LogP contribution in [0.2, 0.25) is 0 Å². The van der Waals surface area contributed by atoms with Gasteiger partial charge in [-0.25, -0.2) is 9.97 Å². The van der Waals surface area contributed by atoms with Crippen molar-refractivity contribution in [2.75, 3.05) is 0 Å². The van der Waals surface area contributed by atoms with Crippen molar-refractivity contribution in [1.29, 1.82) is 0 Å². The normalized spacial score (nSPS) is 14.0. The number of fused-ring (bicyclic) bond motifs is 12. The third kappa shape index (κ3) is 4.88. The summed E-state index contributed by atoms with van der Waals surface area (Å²) in [4.78, 5) is 11.2. The van der Waals surface area contributed by atoms with Crippen LogP contribution in [0.25, 0.3) is 105 Å². The van der Waals surface area contributed by atoms with E-state index in [2.05, 4.69) is 187 Å². The molecule has 13 rings (SSSR count). The second kappa shape index (κ2) is 12.6. The van der Waals surface area contributed by atoms with E-state index < -0.39 is 0 Å². The highest BCUT2D eigenvalue weighted by atomic mass is 15.1. The summed E-state index contributed by atoms with van der Waals surface area (Å²) in [5, 5.41) is 7.40. The summed E-state index contributed by atoms with van der Waals surface area (Å²) < 4.78 is 2.44. The highest BCUT2D eigenvalue weighted by molar-refractivity contribution is 6.28. The number of aromatic nitrogens is 3. The fourth-order valence-electron chi connectivity index (χ4n) is 10.5. The highest BCUT2D eigenvalue weighted by Crippen LogP contribution is 2.52. The lowest BCUT2D eigenvalue weighted by Crippen LogP contribution is -2.13. The number of aryl methyl sites for hydroxylation is 1. The molecule has 0 unspecified atom stereocenters. The van der Waals surface area contributed by atoms with Crippen LogP contribution in [0.3, 0.4) is 0 Å². The van der Waals surface area contributed by atoms with Gasteiger partial charge in [0, 0.05) is 21.7 Å². The second-order valence-electron chi connectivity index (χ2n) is 16.4. The molecule has 2 aliphatic rings. The lowest BCUT2D eigenvalue weighted by Gasteiger charge is -2.29. The van der Waals surface area contributed by atoms with Gasteiger partial charge in [-0.2, -0.15) is 0 Å². The zero-order valence-electron chi connectivity index (χ0n) is 32.4. The van der Waals surface area contributed by atoms with Gasteiger partial charge in [0.05, 0.1) is 22.1 Å². The van der Waals surface area contributed by atoms with E-state index in [1.54, 1.807) is 0 Å². The maximum atomic E-state index is 5.62. The van der Waals surface area contributed by atoms with Gasteiger partial charge in [0.1, 0.15) is 5.69 Å². The molecule has 9 aromatic carbocycles. The van der Waals surface area contributed by atoms with E-state index in [4.69, 9.17) is 9.97 Å². The predicted octanol–water partition coefficient (Wildman–Crippen LogP) is 14.3. The van der Waals surface area contributed by atoms with Crippen LogP contribution in [0.1, 0.15) is 29.0 Å². The largest absolute Gasteiger partial charge is 0.291 e. The third-order valence-corrected chi connectivity index (χ3v) is 13.2. The standard InChI is InChI=1S/C56H37N3/c1-2-13-34(14-3-1)25-26-38-29-37-17-6-7-18-40(37)46-31-39(27-28-41(38)46)54-56(58-51-24-11-10-23-50(51)57-54)59-52-32-36-16-5-4-15-35(36)30-47(52)49-33-48-43-20-9-8-19-42(43)44-21-12-22-45(53(44)48)55(49)59/h1-24,27-28,30-33,38H,25-26,29H2/t38-/m1/s1. The molecule has 2 heterocycles. The topological polar surface area (TPSA) is 30.7 Å². The lowest BCUT2D eigenvalue weighted by molar-refractivity contribution is 0.616.